The molecule has 0 radical (unpaired) electrons. The van der Waals surface area contributed by atoms with Gasteiger partial charge in [0.25, 0.3) is 5.69 Å². The number of nitrogens with two attached hydrogens (primary N) is 1. The van der Waals surface area contributed by atoms with E-state index < -0.39 is 4.92 Å². The third-order valence-corrected chi connectivity index (χ3v) is 3.60. The number of hydrogen-bond donors (Lipinski definition) is 2. The van der Waals surface area contributed by atoms with E-state index in [-0.39, 0.29) is 11.7 Å². The van der Waals surface area contributed by atoms with E-state index in [9.17, 15) is 10.1 Å². The van der Waals surface area contributed by atoms with Crippen LogP contribution >= 0.6 is 0 Å². The lowest BCUT2D eigenvalue weighted by Gasteiger charge is -2.29. The third kappa shape index (κ3) is 3.35. The summed E-state index contributed by atoms with van der Waals surface area (Å²) in [7, 11) is 0. The van der Waals surface area contributed by atoms with E-state index >= 15 is 0 Å². The molecule has 0 aliphatic carbocycles. The molecule has 1 unspecified atom stereocenters. The molecule has 1 heterocycles. The molecule has 6 heteroatoms. The van der Waals surface area contributed by atoms with Crippen molar-refractivity contribution in [2.24, 2.45) is 5.92 Å². The summed E-state index contributed by atoms with van der Waals surface area (Å²) in [4.78, 5) is 10.2. The van der Waals surface area contributed by atoms with Crippen LogP contribution in [0.4, 0.5) is 17.1 Å². The van der Waals surface area contributed by atoms with Gasteiger partial charge in [-0.2, -0.15) is 0 Å². The first-order valence-corrected chi connectivity index (χ1v) is 6.46. The fourth-order valence-electron chi connectivity index (χ4n) is 2.37. The van der Waals surface area contributed by atoms with E-state index in [0.29, 0.717) is 11.6 Å². The van der Waals surface area contributed by atoms with Crippen molar-refractivity contribution < 1.29 is 9.66 Å². The number of nitro benzene ring substituents is 1. The average molecular weight is 265 g/mol. The van der Waals surface area contributed by atoms with Gasteiger partial charge in [0.2, 0.25) is 0 Å². The molecule has 1 aliphatic heterocycles. The number of ether oxygens (including phenoxy) is 1. The predicted octanol–water partition coefficient (Wildman–Crippen LogP) is 2.40. The van der Waals surface area contributed by atoms with Crippen molar-refractivity contribution in [3.05, 3.63) is 28.3 Å². The van der Waals surface area contributed by atoms with Gasteiger partial charge in [-0.05, 0) is 31.7 Å². The molecule has 1 saturated heterocycles. The Balaban J connectivity index is 2.03. The van der Waals surface area contributed by atoms with Crippen molar-refractivity contribution in [2.45, 2.75) is 25.8 Å². The molecule has 0 amide bonds. The average Bonchev–Trinajstić information content (AvgIpc) is 2.41. The van der Waals surface area contributed by atoms with Crippen molar-refractivity contribution in [1.29, 1.82) is 0 Å². The lowest BCUT2D eigenvalue weighted by atomic mass is 9.92. The summed E-state index contributed by atoms with van der Waals surface area (Å²) < 4.78 is 5.34. The Hall–Kier alpha value is -1.82. The zero-order valence-electron chi connectivity index (χ0n) is 11.0. The molecule has 0 aromatic heterocycles. The fraction of sp³-hybridized carbons (Fsp3) is 0.538. The van der Waals surface area contributed by atoms with Crippen molar-refractivity contribution in [2.75, 3.05) is 24.3 Å². The number of nitrogens with one attached hydrogen (secondary N) is 1. The molecular formula is C13H19N3O3. The van der Waals surface area contributed by atoms with E-state index in [2.05, 4.69) is 12.2 Å². The fourth-order valence-corrected chi connectivity index (χ4v) is 2.37. The van der Waals surface area contributed by atoms with E-state index in [1.165, 1.54) is 12.1 Å². The maximum Gasteiger partial charge on any atom is 0.271 e. The molecule has 0 spiro atoms. The summed E-state index contributed by atoms with van der Waals surface area (Å²) in [6.07, 6.45) is 2.06. The second-order valence-electron chi connectivity index (χ2n) is 4.91. The smallest absolute Gasteiger partial charge is 0.271 e. The molecule has 0 saturated carbocycles. The highest BCUT2D eigenvalue weighted by Gasteiger charge is 2.21. The van der Waals surface area contributed by atoms with Gasteiger partial charge in [-0.1, -0.05) is 0 Å². The first-order chi connectivity index (χ1) is 9.08. The maximum atomic E-state index is 10.6. The Kier molecular flexibility index (Phi) is 4.21. The molecule has 0 bridgehead atoms. The van der Waals surface area contributed by atoms with Crippen LogP contribution in [0.5, 0.6) is 0 Å². The lowest BCUT2D eigenvalue weighted by Crippen LogP contribution is -2.31. The van der Waals surface area contributed by atoms with Gasteiger partial charge in [-0.25, -0.2) is 0 Å². The molecule has 1 aliphatic rings. The molecule has 19 heavy (non-hydrogen) atoms. The molecule has 1 atom stereocenters. The van der Waals surface area contributed by atoms with Crippen molar-refractivity contribution in [3.8, 4) is 0 Å². The molecule has 2 rings (SSSR count). The van der Waals surface area contributed by atoms with Crippen LogP contribution in [-0.4, -0.2) is 24.2 Å². The summed E-state index contributed by atoms with van der Waals surface area (Å²) >= 11 is 0. The summed E-state index contributed by atoms with van der Waals surface area (Å²) in [5.74, 6) is 0.545. The SMILES string of the molecule is CC(Nc1ccc([N+](=O)[O-])cc1N)C1CCOCC1. The normalized spacial score (nSPS) is 17.9. The minimum atomic E-state index is -0.442. The Morgan fingerprint density at radius 3 is 2.74 bits per heavy atom. The predicted molar refractivity (Wildman–Crippen MR) is 74.1 cm³/mol. The number of hydrogen-bond acceptors (Lipinski definition) is 5. The number of rotatable bonds is 4. The van der Waals surface area contributed by atoms with Crippen LogP contribution < -0.4 is 11.1 Å². The van der Waals surface area contributed by atoms with Crippen molar-refractivity contribution >= 4 is 17.1 Å². The number of benzene rings is 1. The van der Waals surface area contributed by atoms with Crippen molar-refractivity contribution in [1.82, 2.24) is 0 Å². The zero-order chi connectivity index (χ0) is 13.8. The van der Waals surface area contributed by atoms with Crippen LogP contribution in [0.25, 0.3) is 0 Å². The number of nitrogens with zero attached hydrogens (tertiary/aromatic N) is 1. The van der Waals surface area contributed by atoms with Crippen LogP contribution in [0.3, 0.4) is 0 Å². The Bertz CT molecular complexity index is 458. The van der Waals surface area contributed by atoms with Gasteiger partial charge in [0.1, 0.15) is 0 Å². The summed E-state index contributed by atoms with van der Waals surface area (Å²) in [6.45, 7) is 3.70. The molecule has 1 aromatic carbocycles. The Morgan fingerprint density at radius 2 is 2.16 bits per heavy atom. The van der Waals surface area contributed by atoms with Gasteiger partial charge in [0.15, 0.2) is 0 Å². The van der Waals surface area contributed by atoms with Crippen LogP contribution in [0.2, 0.25) is 0 Å². The Morgan fingerprint density at radius 1 is 1.47 bits per heavy atom. The molecule has 1 fully saturated rings. The van der Waals surface area contributed by atoms with Crippen LogP contribution in [-0.2, 0) is 4.74 Å². The van der Waals surface area contributed by atoms with Gasteiger partial charge >= 0.3 is 0 Å². The summed E-state index contributed by atoms with van der Waals surface area (Å²) in [5.41, 5.74) is 7.03. The highest BCUT2D eigenvalue weighted by molar-refractivity contribution is 5.69. The second kappa shape index (κ2) is 5.88. The molecule has 1 aromatic rings. The highest BCUT2D eigenvalue weighted by Crippen LogP contribution is 2.27. The summed E-state index contributed by atoms with van der Waals surface area (Å²) in [5, 5.41) is 14.0. The third-order valence-electron chi connectivity index (χ3n) is 3.60. The second-order valence-corrected chi connectivity index (χ2v) is 4.91. The van der Waals surface area contributed by atoms with E-state index in [1.807, 2.05) is 0 Å². The highest BCUT2D eigenvalue weighted by atomic mass is 16.6. The monoisotopic (exact) mass is 265 g/mol. The Labute approximate surface area is 112 Å². The number of non-ortho nitro benzene ring substituents is 1. The van der Waals surface area contributed by atoms with E-state index in [4.69, 9.17) is 10.5 Å². The molecule has 3 N–H and O–H groups in total. The number of nitro groups is 1. The molecule has 6 nitrogen and oxygen atoms in total. The van der Waals surface area contributed by atoms with Crippen LogP contribution in [0, 0.1) is 16.0 Å². The minimum Gasteiger partial charge on any atom is -0.397 e. The van der Waals surface area contributed by atoms with E-state index in [1.54, 1.807) is 6.07 Å². The first kappa shape index (κ1) is 13.6. The first-order valence-electron chi connectivity index (χ1n) is 6.46. The van der Waals surface area contributed by atoms with Crippen molar-refractivity contribution in [3.63, 3.8) is 0 Å². The largest absolute Gasteiger partial charge is 0.397 e. The lowest BCUT2D eigenvalue weighted by molar-refractivity contribution is -0.384. The zero-order valence-corrected chi connectivity index (χ0v) is 11.0. The molecular weight excluding hydrogens is 246 g/mol. The van der Waals surface area contributed by atoms with Gasteiger partial charge in [0.05, 0.1) is 16.3 Å². The minimum absolute atomic E-state index is 0.0155. The molecule has 104 valence electrons. The van der Waals surface area contributed by atoms with E-state index in [0.717, 1.165) is 31.7 Å². The standard InChI is InChI=1S/C13H19N3O3/c1-9(10-4-6-19-7-5-10)15-13-3-2-11(16(17)18)8-12(13)14/h2-3,8-10,15H,4-7,14H2,1H3. The number of anilines is 2. The van der Waals surface area contributed by atoms with Gasteiger partial charge in [-0.3, -0.25) is 10.1 Å². The van der Waals surface area contributed by atoms with Crippen LogP contribution in [0.1, 0.15) is 19.8 Å². The van der Waals surface area contributed by atoms with Gasteiger partial charge in [0, 0.05) is 31.4 Å². The quantitative estimate of drug-likeness (QED) is 0.495. The van der Waals surface area contributed by atoms with Crippen LogP contribution in [0.15, 0.2) is 18.2 Å². The topological polar surface area (TPSA) is 90.4 Å². The maximum absolute atomic E-state index is 10.6. The van der Waals surface area contributed by atoms with Gasteiger partial charge < -0.3 is 15.8 Å². The van der Waals surface area contributed by atoms with Gasteiger partial charge in [-0.15, -0.1) is 0 Å². The summed E-state index contributed by atoms with van der Waals surface area (Å²) in [6, 6.07) is 4.80. The number of nitrogen functional groups attached to an aromatic ring is 1.